The van der Waals surface area contributed by atoms with Crippen LogP contribution < -0.4 is 11.1 Å². The van der Waals surface area contributed by atoms with E-state index in [4.69, 9.17) is 10.5 Å². The molecule has 7 nitrogen and oxygen atoms in total. The van der Waals surface area contributed by atoms with E-state index in [2.05, 4.69) is 10.3 Å². The molecule has 2 rings (SSSR count). The van der Waals surface area contributed by atoms with Crippen LogP contribution in [0.15, 0.2) is 4.99 Å². The van der Waals surface area contributed by atoms with Gasteiger partial charge in [-0.15, -0.1) is 24.0 Å². The molecule has 0 aromatic heterocycles. The first-order valence-electron chi connectivity index (χ1n) is 7.17. The molecule has 0 spiro atoms. The summed E-state index contributed by atoms with van der Waals surface area (Å²) >= 11 is 0. The SMILES string of the molecule is I.NC(=NCC1CCC1)NCCS(=O)(=O)N1CCOCC1. The molecule has 3 N–H and O–H groups in total. The summed E-state index contributed by atoms with van der Waals surface area (Å²) in [6, 6.07) is 0. The molecule has 0 aromatic rings. The number of hydrogen-bond acceptors (Lipinski definition) is 4. The van der Waals surface area contributed by atoms with Crippen LogP contribution in [0.5, 0.6) is 0 Å². The smallest absolute Gasteiger partial charge is 0.215 e. The summed E-state index contributed by atoms with van der Waals surface area (Å²) < 4.78 is 30.7. The summed E-state index contributed by atoms with van der Waals surface area (Å²) in [5, 5.41) is 2.87. The van der Waals surface area contributed by atoms with Crippen LogP contribution in [0, 0.1) is 5.92 Å². The summed E-state index contributed by atoms with van der Waals surface area (Å²) in [5.41, 5.74) is 5.72. The van der Waals surface area contributed by atoms with Gasteiger partial charge in [-0.2, -0.15) is 4.31 Å². The Kier molecular flexibility index (Phi) is 8.21. The van der Waals surface area contributed by atoms with E-state index in [1.165, 1.54) is 23.6 Å². The third-order valence-corrected chi connectivity index (χ3v) is 5.65. The van der Waals surface area contributed by atoms with E-state index < -0.39 is 10.0 Å². The van der Waals surface area contributed by atoms with E-state index in [0.29, 0.717) is 44.7 Å². The Morgan fingerprint density at radius 3 is 2.57 bits per heavy atom. The highest BCUT2D eigenvalue weighted by Crippen LogP contribution is 2.26. The first kappa shape index (κ1) is 18.9. The van der Waals surface area contributed by atoms with Crippen LogP contribution in [-0.2, 0) is 14.8 Å². The van der Waals surface area contributed by atoms with Crippen molar-refractivity contribution in [2.45, 2.75) is 19.3 Å². The molecule has 0 aromatic carbocycles. The van der Waals surface area contributed by atoms with Gasteiger partial charge in [-0.1, -0.05) is 6.42 Å². The molecule has 0 radical (unpaired) electrons. The van der Waals surface area contributed by atoms with Crippen molar-refractivity contribution in [3.8, 4) is 0 Å². The second-order valence-corrected chi connectivity index (χ2v) is 7.37. The van der Waals surface area contributed by atoms with Gasteiger partial charge in [0.25, 0.3) is 0 Å². The molecule has 124 valence electrons. The normalized spacial score (nSPS) is 21.4. The fourth-order valence-electron chi connectivity index (χ4n) is 2.22. The minimum atomic E-state index is -3.22. The van der Waals surface area contributed by atoms with Gasteiger partial charge in [0.2, 0.25) is 10.0 Å². The Hall–Kier alpha value is -0.130. The Labute approximate surface area is 143 Å². The lowest BCUT2D eigenvalue weighted by Crippen LogP contribution is -2.44. The third-order valence-electron chi connectivity index (χ3n) is 3.77. The lowest BCUT2D eigenvalue weighted by molar-refractivity contribution is 0.0730. The van der Waals surface area contributed by atoms with Gasteiger partial charge in [0, 0.05) is 26.2 Å². The number of nitrogens with one attached hydrogen (secondary N) is 1. The number of nitrogens with two attached hydrogens (primary N) is 1. The monoisotopic (exact) mass is 432 g/mol. The minimum absolute atomic E-state index is 0. The maximum absolute atomic E-state index is 12.0. The predicted octanol–water partition coefficient (Wildman–Crippen LogP) is -0.0292. The highest BCUT2D eigenvalue weighted by molar-refractivity contribution is 14.0. The maximum atomic E-state index is 12.0. The fraction of sp³-hybridized carbons (Fsp3) is 0.917. The van der Waals surface area contributed by atoms with Crippen LogP contribution in [0.1, 0.15) is 19.3 Å². The molecule has 2 fully saturated rings. The van der Waals surface area contributed by atoms with Gasteiger partial charge in [-0.05, 0) is 18.8 Å². The number of nitrogens with zero attached hydrogens (tertiary/aromatic N) is 2. The maximum Gasteiger partial charge on any atom is 0.215 e. The number of ether oxygens (including phenoxy) is 1. The largest absolute Gasteiger partial charge is 0.379 e. The summed E-state index contributed by atoms with van der Waals surface area (Å²) in [6.45, 7) is 2.85. The summed E-state index contributed by atoms with van der Waals surface area (Å²) in [4.78, 5) is 4.23. The minimum Gasteiger partial charge on any atom is -0.379 e. The highest BCUT2D eigenvalue weighted by atomic mass is 127. The van der Waals surface area contributed by atoms with E-state index >= 15 is 0 Å². The van der Waals surface area contributed by atoms with E-state index in [9.17, 15) is 8.42 Å². The van der Waals surface area contributed by atoms with E-state index in [1.54, 1.807) is 0 Å². The Bertz CT molecular complexity index is 434. The van der Waals surface area contributed by atoms with Crippen molar-refractivity contribution in [2.24, 2.45) is 16.6 Å². The van der Waals surface area contributed by atoms with Crippen molar-refractivity contribution in [3.05, 3.63) is 0 Å². The van der Waals surface area contributed by atoms with Crippen molar-refractivity contribution >= 4 is 40.0 Å². The number of aliphatic imine (C=N–C) groups is 1. The molecule has 1 aliphatic heterocycles. The van der Waals surface area contributed by atoms with Crippen LogP contribution in [0.25, 0.3) is 0 Å². The zero-order valence-corrected chi connectivity index (χ0v) is 15.3. The first-order chi connectivity index (χ1) is 9.58. The van der Waals surface area contributed by atoms with Crippen LogP contribution in [-0.4, -0.2) is 63.8 Å². The second-order valence-electron chi connectivity index (χ2n) is 5.28. The fourth-order valence-corrected chi connectivity index (χ4v) is 3.54. The molecular formula is C12H25IN4O3S. The average Bonchev–Trinajstić information content (AvgIpc) is 2.38. The molecule has 9 heteroatoms. The molecule has 0 amide bonds. The Morgan fingerprint density at radius 2 is 2.00 bits per heavy atom. The molecule has 0 bridgehead atoms. The molecule has 21 heavy (non-hydrogen) atoms. The first-order valence-corrected chi connectivity index (χ1v) is 8.78. The molecule has 1 saturated carbocycles. The Morgan fingerprint density at radius 1 is 1.33 bits per heavy atom. The van der Waals surface area contributed by atoms with Crippen molar-refractivity contribution in [1.29, 1.82) is 0 Å². The third kappa shape index (κ3) is 6.25. The quantitative estimate of drug-likeness (QED) is 0.349. The lowest BCUT2D eigenvalue weighted by atomic mass is 9.86. The standard InChI is InChI=1S/C12H24N4O3S.HI/c13-12(15-10-11-2-1-3-11)14-4-9-20(17,18)16-5-7-19-8-6-16;/h11H,1-10H2,(H3,13,14,15);1H. The van der Waals surface area contributed by atoms with E-state index in [-0.39, 0.29) is 29.7 Å². The second kappa shape index (κ2) is 9.11. The summed E-state index contributed by atoms with van der Waals surface area (Å²) in [6.07, 6.45) is 3.73. The van der Waals surface area contributed by atoms with Crippen molar-refractivity contribution in [2.75, 3.05) is 45.1 Å². The van der Waals surface area contributed by atoms with E-state index in [1.807, 2.05) is 0 Å². The van der Waals surface area contributed by atoms with Crippen molar-refractivity contribution in [3.63, 3.8) is 0 Å². The van der Waals surface area contributed by atoms with Gasteiger partial charge in [-0.3, -0.25) is 4.99 Å². The number of morpholine rings is 1. The number of halogens is 1. The van der Waals surface area contributed by atoms with Gasteiger partial charge in [0.15, 0.2) is 5.96 Å². The average molecular weight is 432 g/mol. The summed E-state index contributed by atoms with van der Waals surface area (Å²) in [5.74, 6) is 1.04. The molecule has 2 aliphatic rings. The van der Waals surface area contributed by atoms with E-state index in [0.717, 1.165) is 6.54 Å². The molecule has 1 aliphatic carbocycles. The zero-order valence-electron chi connectivity index (χ0n) is 12.2. The predicted molar refractivity (Wildman–Crippen MR) is 93.4 cm³/mol. The lowest BCUT2D eigenvalue weighted by Gasteiger charge is -2.26. The van der Waals surface area contributed by atoms with Crippen LogP contribution in [0.3, 0.4) is 0 Å². The highest BCUT2D eigenvalue weighted by Gasteiger charge is 2.23. The topological polar surface area (TPSA) is 97.0 Å². The molecule has 0 atom stereocenters. The molecule has 0 unspecified atom stereocenters. The van der Waals surface area contributed by atoms with Gasteiger partial charge >= 0.3 is 0 Å². The zero-order chi connectivity index (χ0) is 14.4. The van der Waals surface area contributed by atoms with Gasteiger partial charge in [0.1, 0.15) is 0 Å². The number of rotatable bonds is 6. The van der Waals surface area contributed by atoms with Crippen molar-refractivity contribution in [1.82, 2.24) is 9.62 Å². The Balaban J connectivity index is 0.00000220. The number of guanidine groups is 1. The van der Waals surface area contributed by atoms with Crippen LogP contribution in [0.2, 0.25) is 0 Å². The van der Waals surface area contributed by atoms with Gasteiger partial charge in [0.05, 0.1) is 19.0 Å². The van der Waals surface area contributed by atoms with Crippen molar-refractivity contribution < 1.29 is 13.2 Å². The van der Waals surface area contributed by atoms with Crippen LogP contribution in [0.4, 0.5) is 0 Å². The van der Waals surface area contributed by atoms with Gasteiger partial charge < -0.3 is 15.8 Å². The molecule has 1 heterocycles. The molecular weight excluding hydrogens is 407 g/mol. The summed E-state index contributed by atoms with van der Waals surface area (Å²) in [7, 11) is -3.22. The number of sulfonamides is 1. The van der Waals surface area contributed by atoms with Crippen LogP contribution >= 0.6 is 24.0 Å². The number of hydrogen-bond donors (Lipinski definition) is 2. The molecule has 1 saturated heterocycles. The van der Waals surface area contributed by atoms with Gasteiger partial charge in [-0.25, -0.2) is 8.42 Å².